The summed E-state index contributed by atoms with van der Waals surface area (Å²) in [7, 11) is -3.78. The molecular formula is C18H12N6O2S2. The van der Waals surface area contributed by atoms with Crippen LogP contribution in [0.1, 0.15) is 0 Å². The van der Waals surface area contributed by atoms with Crippen molar-refractivity contribution in [3.05, 3.63) is 67.1 Å². The second-order valence-electron chi connectivity index (χ2n) is 6.02. The maximum atomic E-state index is 12.8. The number of anilines is 1. The van der Waals surface area contributed by atoms with Gasteiger partial charge in [-0.1, -0.05) is 18.2 Å². The highest BCUT2D eigenvalue weighted by Gasteiger charge is 2.19. The molecule has 0 unspecified atom stereocenters. The van der Waals surface area contributed by atoms with Crippen molar-refractivity contribution in [3.8, 4) is 11.3 Å². The molecule has 0 aliphatic rings. The van der Waals surface area contributed by atoms with Gasteiger partial charge in [-0.15, -0.1) is 0 Å². The number of benzene rings is 2. The zero-order valence-electron chi connectivity index (χ0n) is 14.2. The Morgan fingerprint density at radius 3 is 2.68 bits per heavy atom. The summed E-state index contributed by atoms with van der Waals surface area (Å²) >= 11 is 0.984. The predicted octanol–water partition coefficient (Wildman–Crippen LogP) is 3.20. The Labute approximate surface area is 163 Å². The number of hydrogen-bond donors (Lipinski definition) is 1. The first-order chi connectivity index (χ1) is 13.6. The molecule has 5 rings (SSSR count). The van der Waals surface area contributed by atoms with Crippen LogP contribution in [-0.4, -0.2) is 31.5 Å². The third-order valence-electron chi connectivity index (χ3n) is 4.21. The molecule has 0 amide bonds. The average Bonchev–Trinajstić information content (AvgIpc) is 3.34. The lowest BCUT2D eigenvalue weighted by molar-refractivity contribution is 0.602. The zero-order chi connectivity index (χ0) is 19.1. The first-order valence-corrected chi connectivity index (χ1v) is 10.5. The molecular weight excluding hydrogens is 396 g/mol. The van der Waals surface area contributed by atoms with Crippen LogP contribution >= 0.6 is 11.7 Å². The molecule has 0 aliphatic carbocycles. The molecule has 1 N–H and O–H groups in total. The fraction of sp³-hybridized carbons (Fsp3) is 0. The van der Waals surface area contributed by atoms with Crippen LogP contribution in [0.3, 0.4) is 0 Å². The van der Waals surface area contributed by atoms with Crippen LogP contribution in [0.15, 0.2) is 72.0 Å². The summed E-state index contributed by atoms with van der Waals surface area (Å²) < 4.78 is 38.2. The fourth-order valence-electron chi connectivity index (χ4n) is 2.89. The number of rotatable bonds is 4. The second-order valence-corrected chi connectivity index (χ2v) is 8.20. The summed E-state index contributed by atoms with van der Waals surface area (Å²) in [4.78, 5) is 8.77. The SMILES string of the molecule is O=S(=O)(Nc1ccc(-c2cn3cccnc3n2)cc1)c1cccc2nsnc12. The molecule has 8 nitrogen and oxygen atoms in total. The van der Waals surface area contributed by atoms with Crippen molar-refractivity contribution in [1.29, 1.82) is 0 Å². The second kappa shape index (κ2) is 6.36. The van der Waals surface area contributed by atoms with Crippen LogP contribution < -0.4 is 4.72 Å². The van der Waals surface area contributed by atoms with E-state index in [1.165, 1.54) is 6.07 Å². The van der Waals surface area contributed by atoms with Crippen LogP contribution in [0.25, 0.3) is 28.1 Å². The monoisotopic (exact) mass is 408 g/mol. The van der Waals surface area contributed by atoms with Gasteiger partial charge in [-0.05, 0) is 30.3 Å². The van der Waals surface area contributed by atoms with E-state index in [-0.39, 0.29) is 4.90 Å². The first-order valence-electron chi connectivity index (χ1n) is 8.24. The third-order valence-corrected chi connectivity index (χ3v) is 6.16. The molecule has 0 radical (unpaired) electrons. The van der Waals surface area contributed by atoms with Crippen molar-refractivity contribution in [2.45, 2.75) is 4.90 Å². The van der Waals surface area contributed by atoms with Gasteiger partial charge in [-0.2, -0.15) is 8.75 Å². The molecule has 0 aliphatic heterocycles. The fourth-order valence-corrected chi connectivity index (χ4v) is 4.71. The van der Waals surface area contributed by atoms with E-state index in [1.807, 2.05) is 35.0 Å². The van der Waals surface area contributed by atoms with Crippen LogP contribution in [0.5, 0.6) is 0 Å². The van der Waals surface area contributed by atoms with Gasteiger partial charge >= 0.3 is 0 Å². The van der Waals surface area contributed by atoms with Gasteiger partial charge in [-0.3, -0.25) is 9.12 Å². The van der Waals surface area contributed by atoms with Gasteiger partial charge in [0.25, 0.3) is 10.0 Å². The van der Waals surface area contributed by atoms with Gasteiger partial charge < -0.3 is 0 Å². The van der Waals surface area contributed by atoms with Crippen molar-refractivity contribution in [3.63, 3.8) is 0 Å². The summed E-state index contributed by atoms with van der Waals surface area (Å²) in [6, 6.07) is 13.7. The van der Waals surface area contributed by atoms with Gasteiger partial charge in [0.15, 0.2) is 0 Å². The van der Waals surface area contributed by atoms with E-state index in [9.17, 15) is 8.42 Å². The van der Waals surface area contributed by atoms with Crippen LogP contribution in [0.4, 0.5) is 5.69 Å². The number of imidazole rings is 1. The normalized spacial score (nSPS) is 11.9. The van der Waals surface area contributed by atoms with Gasteiger partial charge in [0.05, 0.1) is 17.4 Å². The lowest BCUT2D eigenvalue weighted by atomic mass is 10.1. The largest absolute Gasteiger partial charge is 0.291 e. The first kappa shape index (κ1) is 16.8. The number of hydrogen-bond acceptors (Lipinski definition) is 7. The average molecular weight is 408 g/mol. The minimum Gasteiger partial charge on any atom is -0.291 e. The molecule has 0 bridgehead atoms. The molecule has 3 heterocycles. The molecule has 0 atom stereocenters. The van der Waals surface area contributed by atoms with E-state index in [4.69, 9.17) is 0 Å². The molecule has 2 aromatic carbocycles. The van der Waals surface area contributed by atoms with E-state index < -0.39 is 10.0 Å². The molecule has 0 saturated carbocycles. The predicted molar refractivity (Wildman–Crippen MR) is 107 cm³/mol. The maximum absolute atomic E-state index is 12.8. The molecule has 3 aromatic heterocycles. The highest BCUT2D eigenvalue weighted by Crippen LogP contribution is 2.25. The Kier molecular flexibility index (Phi) is 3.81. The van der Waals surface area contributed by atoms with Crippen molar-refractivity contribution < 1.29 is 8.42 Å². The van der Waals surface area contributed by atoms with Crippen LogP contribution in [-0.2, 0) is 10.0 Å². The summed E-state index contributed by atoms with van der Waals surface area (Å²) in [5, 5.41) is 0. The van der Waals surface area contributed by atoms with Crippen LogP contribution in [0.2, 0.25) is 0 Å². The Balaban J connectivity index is 1.45. The van der Waals surface area contributed by atoms with Gasteiger partial charge in [-0.25, -0.2) is 18.4 Å². The van der Waals surface area contributed by atoms with E-state index in [0.717, 1.165) is 23.0 Å². The molecule has 0 spiro atoms. The maximum Gasteiger partial charge on any atom is 0.264 e. The van der Waals surface area contributed by atoms with Gasteiger partial charge in [0.2, 0.25) is 5.78 Å². The highest BCUT2D eigenvalue weighted by molar-refractivity contribution is 7.93. The van der Waals surface area contributed by atoms with Crippen molar-refractivity contribution in [1.82, 2.24) is 23.1 Å². The van der Waals surface area contributed by atoms with E-state index in [2.05, 4.69) is 23.4 Å². The number of nitrogens with one attached hydrogen (secondary N) is 1. The van der Waals surface area contributed by atoms with Crippen molar-refractivity contribution >= 4 is 44.2 Å². The Hall–Kier alpha value is -3.37. The zero-order valence-corrected chi connectivity index (χ0v) is 15.9. The lowest BCUT2D eigenvalue weighted by Crippen LogP contribution is -2.13. The number of aromatic nitrogens is 5. The highest BCUT2D eigenvalue weighted by atomic mass is 32.2. The van der Waals surface area contributed by atoms with Gasteiger partial charge in [0, 0.05) is 29.8 Å². The quantitative estimate of drug-likeness (QED) is 0.490. The molecule has 10 heteroatoms. The Bertz CT molecular complexity index is 1370. The molecule has 138 valence electrons. The van der Waals surface area contributed by atoms with E-state index in [0.29, 0.717) is 22.5 Å². The lowest BCUT2D eigenvalue weighted by Gasteiger charge is -2.08. The summed E-state index contributed by atoms with van der Waals surface area (Å²) in [6.07, 6.45) is 5.43. The van der Waals surface area contributed by atoms with Crippen molar-refractivity contribution in [2.75, 3.05) is 4.72 Å². The van der Waals surface area contributed by atoms with E-state index in [1.54, 1.807) is 30.5 Å². The Morgan fingerprint density at radius 2 is 1.86 bits per heavy atom. The van der Waals surface area contributed by atoms with E-state index >= 15 is 0 Å². The topological polar surface area (TPSA) is 102 Å². The molecule has 0 saturated heterocycles. The minimum atomic E-state index is -3.78. The summed E-state index contributed by atoms with van der Waals surface area (Å²) in [5.74, 6) is 0.604. The summed E-state index contributed by atoms with van der Waals surface area (Å²) in [6.45, 7) is 0. The molecule has 0 fully saturated rings. The number of fused-ring (bicyclic) bond motifs is 2. The summed E-state index contributed by atoms with van der Waals surface area (Å²) in [5.41, 5.74) is 2.99. The Morgan fingerprint density at radius 1 is 1.00 bits per heavy atom. The van der Waals surface area contributed by atoms with Crippen LogP contribution in [0, 0.1) is 0 Å². The number of sulfonamides is 1. The smallest absolute Gasteiger partial charge is 0.264 e. The standard InChI is InChI=1S/C18H12N6O2S2/c25-28(26,16-4-1-3-14-17(16)22-27-21-14)23-13-7-5-12(6-8-13)15-11-24-10-2-9-19-18(24)20-15/h1-11,23H. The molecule has 5 aromatic rings. The van der Waals surface area contributed by atoms with Crippen molar-refractivity contribution in [2.24, 2.45) is 0 Å². The number of nitrogens with zero attached hydrogens (tertiary/aromatic N) is 5. The minimum absolute atomic E-state index is 0.106. The van der Waals surface area contributed by atoms with Gasteiger partial charge in [0.1, 0.15) is 15.9 Å². The third kappa shape index (κ3) is 2.88. The molecule has 28 heavy (non-hydrogen) atoms.